The normalized spacial score (nSPS) is 27.1. The molecule has 1 fully saturated rings. The van der Waals surface area contributed by atoms with E-state index >= 15 is 0 Å². The molecular formula is C13H26N2O. The number of likely N-dealkylation sites (tertiary alicyclic amines) is 1. The second-order valence-electron chi connectivity index (χ2n) is 4.96. The first kappa shape index (κ1) is 13.5. The quantitative estimate of drug-likeness (QED) is 0.780. The Morgan fingerprint density at radius 2 is 2.12 bits per heavy atom. The highest BCUT2D eigenvalue weighted by Gasteiger charge is 2.35. The van der Waals surface area contributed by atoms with Gasteiger partial charge in [0.05, 0.1) is 5.92 Å². The van der Waals surface area contributed by atoms with E-state index in [1.165, 1.54) is 0 Å². The van der Waals surface area contributed by atoms with Gasteiger partial charge in [0, 0.05) is 18.6 Å². The lowest BCUT2D eigenvalue weighted by Gasteiger charge is -2.31. The van der Waals surface area contributed by atoms with Gasteiger partial charge in [0.1, 0.15) is 0 Å². The van der Waals surface area contributed by atoms with E-state index in [1.54, 1.807) is 0 Å². The van der Waals surface area contributed by atoms with Gasteiger partial charge >= 0.3 is 0 Å². The molecule has 1 aliphatic rings. The Balaban J connectivity index is 2.69. The number of nitrogens with zero attached hydrogens (tertiary/aromatic N) is 1. The van der Waals surface area contributed by atoms with Gasteiger partial charge in [-0.3, -0.25) is 4.79 Å². The molecule has 0 saturated carbocycles. The molecule has 0 bridgehead atoms. The molecule has 3 atom stereocenters. The molecule has 0 aliphatic carbocycles. The molecule has 0 aromatic heterocycles. The Bertz CT molecular complexity index is 230. The van der Waals surface area contributed by atoms with Crippen LogP contribution in [-0.4, -0.2) is 29.4 Å². The molecule has 1 rings (SSSR count). The molecule has 1 aliphatic heterocycles. The number of hydrogen-bond acceptors (Lipinski definition) is 2. The lowest BCUT2D eigenvalue weighted by atomic mass is 10.0. The molecular weight excluding hydrogens is 200 g/mol. The maximum Gasteiger partial charge on any atom is 0.227 e. The minimum absolute atomic E-state index is 0.0413. The summed E-state index contributed by atoms with van der Waals surface area (Å²) in [6.45, 7) is 6.93. The fourth-order valence-electron chi connectivity index (χ4n) is 2.77. The zero-order valence-corrected chi connectivity index (χ0v) is 10.9. The number of amides is 1. The van der Waals surface area contributed by atoms with Gasteiger partial charge in [-0.1, -0.05) is 20.3 Å². The smallest absolute Gasteiger partial charge is 0.227 e. The Morgan fingerprint density at radius 3 is 2.62 bits per heavy atom. The van der Waals surface area contributed by atoms with Crippen LogP contribution in [0.4, 0.5) is 0 Å². The second kappa shape index (κ2) is 6.24. The van der Waals surface area contributed by atoms with E-state index in [9.17, 15) is 4.79 Å². The molecule has 3 nitrogen and oxygen atoms in total. The summed E-state index contributed by atoms with van der Waals surface area (Å²) in [5, 5.41) is 0. The van der Waals surface area contributed by atoms with Gasteiger partial charge in [0.25, 0.3) is 0 Å². The SMILES string of the molecule is CCCC(CN)C(=O)N1C(C)CCC1CC. The van der Waals surface area contributed by atoms with Crippen molar-refractivity contribution in [3.63, 3.8) is 0 Å². The number of rotatable bonds is 5. The molecule has 3 unspecified atom stereocenters. The Morgan fingerprint density at radius 1 is 1.44 bits per heavy atom. The van der Waals surface area contributed by atoms with Crippen molar-refractivity contribution in [3.8, 4) is 0 Å². The summed E-state index contributed by atoms with van der Waals surface area (Å²) in [5.74, 6) is 0.334. The Kier molecular flexibility index (Phi) is 5.26. The number of nitrogens with two attached hydrogens (primary N) is 1. The molecule has 1 heterocycles. The molecule has 94 valence electrons. The van der Waals surface area contributed by atoms with Crippen LogP contribution in [0.2, 0.25) is 0 Å². The van der Waals surface area contributed by atoms with Crippen LogP contribution in [0.3, 0.4) is 0 Å². The molecule has 0 radical (unpaired) electrons. The van der Waals surface area contributed by atoms with Crippen molar-refractivity contribution < 1.29 is 4.79 Å². The fraction of sp³-hybridized carbons (Fsp3) is 0.923. The van der Waals surface area contributed by atoms with Gasteiger partial charge < -0.3 is 10.6 Å². The van der Waals surface area contributed by atoms with E-state index in [0.29, 0.717) is 24.5 Å². The summed E-state index contributed by atoms with van der Waals surface area (Å²) < 4.78 is 0. The first-order valence-electron chi connectivity index (χ1n) is 6.67. The van der Waals surface area contributed by atoms with Crippen molar-refractivity contribution in [2.75, 3.05) is 6.54 Å². The van der Waals surface area contributed by atoms with Crippen molar-refractivity contribution in [2.24, 2.45) is 11.7 Å². The van der Waals surface area contributed by atoms with Crippen molar-refractivity contribution in [1.29, 1.82) is 0 Å². The van der Waals surface area contributed by atoms with Gasteiger partial charge in [-0.05, 0) is 32.6 Å². The third-order valence-corrected chi connectivity index (χ3v) is 3.78. The van der Waals surface area contributed by atoms with Crippen LogP contribution >= 0.6 is 0 Å². The van der Waals surface area contributed by atoms with Gasteiger partial charge in [0.2, 0.25) is 5.91 Å². The van der Waals surface area contributed by atoms with E-state index in [4.69, 9.17) is 5.73 Å². The van der Waals surface area contributed by atoms with E-state index in [2.05, 4.69) is 25.7 Å². The average molecular weight is 226 g/mol. The molecule has 0 aromatic rings. The Labute approximate surface area is 99.4 Å². The van der Waals surface area contributed by atoms with E-state index < -0.39 is 0 Å². The maximum atomic E-state index is 12.4. The van der Waals surface area contributed by atoms with Crippen LogP contribution in [0.25, 0.3) is 0 Å². The van der Waals surface area contributed by atoms with E-state index in [0.717, 1.165) is 32.1 Å². The van der Waals surface area contributed by atoms with Crippen LogP contribution in [0.1, 0.15) is 52.9 Å². The van der Waals surface area contributed by atoms with Crippen LogP contribution in [-0.2, 0) is 4.79 Å². The fourth-order valence-corrected chi connectivity index (χ4v) is 2.77. The molecule has 3 heteroatoms. The second-order valence-corrected chi connectivity index (χ2v) is 4.96. The monoisotopic (exact) mass is 226 g/mol. The number of carbonyl (C=O) groups excluding carboxylic acids is 1. The van der Waals surface area contributed by atoms with E-state index in [-0.39, 0.29) is 5.92 Å². The largest absolute Gasteiger partial charge is 0.337 e. The molecule has 1 amide bonds. The topological polar surface area (TPSA) is 46.3 Å². The van der Waals surface area contributed by atoms with Crippen LogP contribution in [0.5, 0.6) is 0 Å². The summed E-state index contributed by atoms with van der Waals surface area (Å²) in [6, 6.07) is 0.858. The maximum absolute atomic E-state index is 12.4. The minimum atomic E-state index is 0.0413. The molecule has 2 N–H and O–H groups in total. The first-order valence-corrected chi connectivity index (χ1v) is 6.67. The molecule has 16 heavy (non-hydrogen) atoms. The highest BCUT2D eigenvalue weighted by atomic mass is 16.2. The van der Waals surface area contributed by atoms with Crippen LogP contribution in [0, 0.1) is 5.92 Å². The standard InChI is InChI=1S/C13H26N2O/c1-4-6-11(9-14)13(16)15-10(3)7-8-12(15)5-2/h10-12H,4-9,14H2,1-3H3. The zero-order valence-electron chi connectivity index (χ0n) is 10.9. The zero-order chi connectivity index (χ0) is 12.1. The number of hydrogen-bond donors (Lipinski definition) is 1. The summed E-state index contributed by atoms with van der Waals surface area (Å²) >= 11 is 0. The highest BCUT2D eigenvalue weighted by molar-refractivity contribution is 5.80. The van der Waals surface area contributed by atoms with Gasteiger partial charge in [-0.15, -0.1) is 0 Å². The third kappa shape index (κ3) is 2.76. The van der Waals surface area contributed by atoms with Crippen molar-refractivity contribution in [3.05, 3.63) is 0 Å². The minimum Gasteiger partial charge on any atom is -0.337 e. The van der Waals surface area contributed by atoms with E-state index in [1.807, 2.05) is 0 Å². The van der Waals surface area contributed by atoms with Gasteiger partial charge in [-0.25, -0.2) is 0 Å². The third-order valence-electron chi connectivity index (χ3n) is 3.78. The summed E-state index contributed by atoms with van der Waals surface area (Å²) in [5.41, 5.74) is 5.71. The van der Waals surface area contributed by atoms with Crippen molar-refractivity contribution in [2.45, 2.75) is 65.0 Å². The van der Waals surface area contributed by atoms with Crippen LogP contribution < -0.4 is 5.73 Å². The summed E-state index contributed by atoms with van der Waals surface area (Å²) in [4.78, 5) is 14.5. The Hall–Kier alpha value is -0.570. The first-order chi connectivity index (χ1) is 7.65. The molecule has 0 aromatic carbocycles. The lowest BCUT2D eigenvalue weighted by molar-refractivity contribution is -0.138. The lowest BCUT2D eigenvalue weighted by Crippen LogP contribution is -2.45. The van der Waals surface area contributed by atoms with Gasteiger partial charge in [0.15, 0.2) is 0 Å². The molecule has 0 spiro atoms. The predicted molar refractivity (Wildman–Crippen MR) is 67.1 cm³/mol. The average Bonchev–Trinajstić information content (AvgIpc) is 2.66. The highest BCUT2D eigenvalue weighted by Crippen LogP contribution is 2.28. The number of carbonyl (C=O) groups is 1. The molecule has 1 saturated heterocycles. The van der Waals surface area contributed by atoms with Gasteiger partial charge in [-0.2, -0.15) is 0 Å². The van der Waals surface area contributed by atoms with Crippen molar-refractivity contribution >= 4 is 5.91 Å². The van der Waals surface area contributed by atoms with Crippen LogP contribution in [0.15, 0.2) is 0 Å². The summed E-state index contributed by atoms with van der Waals surface area (Å²) in [6.07, 6.45) is 5.33. The van der Waals surface area contributed by atoms with Crippen molar-refractivity contribution in [1.82, 2.24) is 4.90 Å². The summed E-state index contributed by atoms with van der Waals surface area (Å²) in [7, 11) is 0. The predicted octanol–water partition coefficient (Wildman–Crippen LogP) is 2.15.